The lowest BCUT2D eigenvalue weighted by molar-refractivity contribution is 0.109. The molecule has 0 atom stereocenters. The van der Waals surface area contributed by atoms with E-state index in [9.17, 15) is 13.2 Å². The minimum Gasteiger partial charge on any atom is -0.440 e. The summed E-state index contributed by atoms with van der Waals surface area (Å²) in [7, 11) is -3.72. The molecule has 1 N–H and O–H groups in total. The van der Waals surface area contributed by atoms with E-state index in [1.165, 1.54) is 12.1 Å². The summed E-state index contributed by atoms with van der Waals surface area (Å²) in [6.07, 6.45) is 0.463. The lowest BCUT2D eigenvalue weighted by atomic mass is 10.3. The molecule has 0 unspecified atom stereocenters. The maximum atomic E-state index is 11.9. The molecule has 19 heavy (non-hydrogen) atoms. The molecule has 0 bridgehead atoms. The standard InChI is InChI=1S/C12H13NO4S2/c1-8-5-11(18-9(8)2)6-13-19(15,16)12-4-3-10(7-14)17-12/h3-5,7,13H,6H2,1-2H3. The molecule has 0 saturated carbocycles. The van der Waals surface area contributed by atoms with Crippen LogP contribution >= 0.6 is 11.3 Å². The minimum absolute atomic E-state index is 0.0109. The average Bonchev–Trinajstić information content (AvgIpc) is 2.95. The van der Waals surface area contributed by atoms with E-state index in [2.05, 4.69) is 4.72 Å². The molecule has 7 heteroatoms. The van der Waals surface area contributed by atoms with E-state index in [4.69, 9.17) is 4.42 Å². The van der Waals surface area contributed by atoms with Gasteiger partial charge < -0.3 is 4.42 Å². The van der Waals surface area contributed by atoms with E-state index in [0.29, 0.717) is 6.29 Å². The van der Waals surface area contributed by atoms with Crippen molar-refractivity contribution in [3.8, 4) is 0 Å². The van der Waals surface area contributed by atoms with Crippen LogP contribution in [0.2, 0.25) is 0 Å². The van der Waals surface area contributed by atoms with Crippen LogP contribution in [0.25, 0.3) is 0 Å². The Morgan fingerprint density at radius 3 is 2.63 bits per heavy atom. The van der Waals surface area contributed by atoms with E-state index in [1.54, 1.807) is 11.3 Å². The quantitative estimate of drug-likeness (QED) is 0.859. The number of aldehydes is 1. The second-order valence-electron chi connectivity index (χ2n) is 4.05. The highest BCUT2D eigenvalue weighted by atomic mass is 32.2. The number of thiophene rings is 1. The molecule has 0 saturated heterocycles. The molecule has 0 amide bonds. The molecule has 0 radical (unpaired) electrons. The Kier molecular flexibility index (Phi) is 3.88. The van der Waals surface area contributed by atoms with Crippen LogP contribution in [-0.2, 0) is 16.6 Å². The molecule has 0 aliphatic heterocycles. The van der Waals surface area contributed by atoms with Crippen LogP contribution in [0, 0.1) is 13.8 Å². The highest BCUT2D eigenvalue weighted by molar-refractivity contribution is 7.89. The van der Waals surface area contributed by atoms with Crippen molar-refractivity contribution in [2.24, 2.45) is 0 Å². The number of carbonyl (C=O) groups excluding carboxylic acids is 1. The minimum atomic E-state index is -3.72. The largest absolute Gasteiger partial charge is 0.440 e. The molecule has 2 heterocycles. The zero-order chi connectivity index (χ0) is 14.0. The van der Waals surface area contributed by atoms with Gasteiger partial charge in [0.25, 0.3) is 10.0 Å². The molecular formula is C12H13NO4S2. The maximum absolute atomic E-state index is 11.9. The van der Waals surface area contributed by atoms with Crippen LogP contribution in [0.5, 0.6) is 0 Å². The first-order valence-electron chi connectivity index (χ1n) is 5.53. The third-order valence-corrected chi connectivity index (χ3v) is 5.06. The van der Waals surface area contributed by atoms with Crippen molar-refractivity contribution in [3.63, 3.8) is 0 Å². The molecule has 2 aromatic heterocycles. The van der Waals surface area contributed by atoms with E-state index in [-0.39, 0.29) is 17.4 Å². The number of carbonyl (C=O) groups is 1. The molecule has 102 valence electrons. The zero-order valence-electron chi connectivity index (χ0n) is 10.5. The molecule has 5 nitrogen and oxygen atoms in total. The van der Waals surface area contributed by atoms with E-state index in [1.807, 2.05) is 19.9 Å². The number of hydrogen-bond acceptors (Lipinski definition) is 5. The summed E-state index contributed by atoms with van der Waals surface area (Å²) < 4.78 is 31.2. The van der Waals surface area contributed by atoms with Gasteiger partial charge in [-0.3, -0.25) is 4.79 Å². The fraction of sp³-hybridized carbons (Fsp3) is 0.250. The SMILES string of the molecule is Cc1cc(CNS(=O)(=O)c2ccc(C=O)o2)sc1C. The Morgan fingerprint density at radius 1 is 1.37 bits per heavy atom. The van der Waals surface area contributed by atoms with Gasteiger partial charge in [-0.1, -0.05) is 0 Å². The highest BCUT2D eigenvalue weighted by Gasteiger charge is 2.18. The monoisotopic (exact) mass is 299 g/mol. The van der Waals surface area contributed by atoms with Crippen molar-refractivity contribution in [1.29, 1.82) is 0 Å². The Hall–Kier alpha value is -1.44. The van der Waals surface area contributed by atoms with E-state index >= 15 is 0 Å². The van der Waals surface area contributed by atoms with E-state index in [0.717, 1.165) is 15.3 Å². The number of hydrogen-bond donors (Lipinski definition) is 1. The van der Waals surface area contributed by atoms with Crippen molar-refractivity contribution in [3.05, 3.63) is 39.3 Å². The topological polar surface area (TPSA) is 76.4 Å². The van der Waals surface area contributed by atoms with Crippen molar-refractivity contribution in [1.82, 2.24) is 4.72 Å². The number of sulfonamides is 1. The summed E-state index contributed by atoms with van der Waals surface area (Å²) in [5.74, 6) is -0.0109. The number of rotatable bonds is 5. The van der Waals surface area contributed by atoms with Crippen LogP contribution in [-0.4, -0.2) is 14.7 Å². The Balaban J connectivity index is 2.11. The summed E-state index contributed by atoms with van der Waals surface area (Å²) in [5.41, 5.74) is 1.14. The fourth-order valence-corrected chi connectivity index (χ4v) is 3.54. The van der Waals surface area contributed by atoms with Gasteiger partial charge in [0.1, 0.15) is 0 Å². The predicted octanol–water partition coefficient (Wildman–Crippen LogP) is 2.25. The summed E-state index contributed by atoms with van der Waals surface area (Å²) in [4.78, 5) is 12.6. The predicted molar refractivity (Wildman–Crippen MR) is 71.9 cm³/mol. The van der Waals surface area contributed by atoms with Crippen LogP contribution in [0.15, 0.2) is 27.7 Å². The van der Waals surface area contributed by atoms with E-state index < -0.39 is 10.0 Å². The number of nitrogens with one attached hydrogen (secondary N) is 1. The lowest BCUT2D eigenvalue weighted by Crippen LogP contribution is -2.22. The Labute approximate surface area is 115 Å². The molecule has 0 spiro atoms. The molecule has 2 rings (SSSR count). The molecule has 0 aromatic carbocycles. The van der Waals surface area contributed by atoms with Gasteiger partial charge in [0.2, 0.25) is 5.09 Å². The van der Waals surface area contributed by atoms with Gasteiger partial charge >= 0.3 is 0 Å². The molecule has 0 aliphatic rings. The van der Waals surface area contributed by atoms with Gasteiger partial charge in [0.15, 0.2) is 12.0 Å². The third-order valence-electron chi connectivity index (χ3n) is 2.64. The first kappa shape index (κ1) is 14.0. The van der Waals surface area contributed by atoms with Gasteiger partial charge in [0.05, 0.1) is 0 Å². The van der Waals surface area contributed by atoms with Crippen molar-refractivity contribution >= 4 is 27.6 Å². The first-order valence-corrected chi connectivity index (χ1v) is 7.83. The summed E-state index contributed by atoms with van der Waals surface area (Å²) in [6.45, 7) is 4.17. The summed E-state index contributed by atoms with van der Waals surface area (Å²) in [6, 6.07) is 4.53. The van der Waals surface area contributed by atoms with Gasteiger partial charge in [-0.2, -0.15) is 0 Å². The van der Waals surface area contributed by atoms with Crippen molar-refractivity contribution in [2.75, 3.05) is 0 Å². The van der Waals surface area contributed by atoms with Gasteiger partial charge in [-0.25, -0.2) is 13.1 Å². The van der Waals surface area contributed by atoms with Crippen molar-refractivity contribution in [2.45, 2.75) is 25.5 Å². The Morgan fingerprint density at radius 2 is 2.11 bits per heavy atom. The maximum Gasteiger partial charge on any atom is 0.274 e. The highest BCUT2D eigenvalue weighted by Crippen LogP contribution is 2.21. The summed E-state index contributed by atoms with van der Waals surface area (Å²) >= 11 is 1.55. The normalized spacial score (nSPS) is 11.7. The van der Waals surface area contributed by atoms with Gasteiger partial charge in [0, 0.05) is 16.3 Å². The lowest BCUT2D eigenvalue weighted by Gasteiger charge is -2.01. The first-order chi connectivity index (χ1) is 8.92. The van der Waals surface area contributed by atoms with Crippen LogP contribution in [0.4, 0.5) is 0 Å². The smallest absolute Gasteiger partial charge is 0.274 e. The van der Waals surface area contributed by atoms with Gasteiger partial charge in [-0.15, -0.1) is 11.3 Å². The Bertz CT molecular complexity index is 678. The molecule has 0 fully saturated rings. The summed E-state index contributed by atoms with van der Waals surface area (Å²) in [5, 5.41) is -0.250. The third kappa shape index (κ3) is 3.12. The number of aryl methyl sites for hydroxylation is 2. The van der Waals surface area contributed by atoms with Crippen LogP contribution in [0.3, 0.4) is 0 Å². The molecule has 2 aromatic rings. The van der Waals surface area contributed by atoms with Crippen LogP contribution in [0.1, 0.15) is 25.9 Å². The number of furan rings is 1. The average molecular weight is 299 g/mol. The molecular weight excluding hydrogens is 286 g/mol. The van der Waals surface area contributed by atoms with Gasteiger partial charge in [-0.05, 0) is 37.6 Å². The molecule has 0 aliphatic carbocycles. The fourth-order valence-electron chi connectivity index (χ4n) is 1.52. The zero-order valence-corrected chi connectivity index (χ0v) is 12.1. The van der Waals surface area contributed by atoms with Crippen molar-refractivity contribution < 1.29 is 17.6 Å². The van der Waals surface area contributed by atoms with Crippen LogP contribution < -0.4 is 4.72 Å². The second-order valence-corrected chi connectivity index (χ2v) is 7.09. The second kappa shape index (κ2) is 5.28.